The van der Waals surface area contributed by atoms with E-state index in [2.05, 4.69) is 315 Å². The van der Waals surface area contributed by atoms with Crippen molar-refractivity contribution in [3.63, 3.8) is 0 Å². The number of para-hydroxylation sites is 5. The molecule has 7 aliphatic rings. The minimum Gasteiger partial charge on any atom is -0.497 e. The van der Waals surface area contributed by atoms with Crippen LogP contribution in [0.25, 0.3) is 132 Å². The van der Waals surface area contributed by atoms with Gasteiger partial charge in [0.2, 0.25) is 0 Å². The topological polar surface area (TPSA) is 35.4 Å². The van der Waals surface area contributed by atoms with Crippen LogP contribution < -0.4 is 47.3 Å². The number of benzene rings is 14. The molecular formula is C98H76B2N6O. The Bertz CT molecular complexity index is 6880. The molecule has 0 unspecified atom stereocenters. The van der Waals surface area contributed by atoms with Crippen molar-refractivity contribution in [3.8, 4) is 39.6 Å². The number of hydrogen-bond donors (Lipinski definition) is 0. The molecule has 2 aliphatic carbocycles. The Morgan fingerprint density at radius 3 is 1.50 bits per heavy atom. The lowest BCUT2D eigenvalue weighted by atomic mass is 9.34. The molecule has 25 rings (SSSR count). The third-order valence-corrected chi connectivity index (χ3v) is 26.5. The third kappa shape index (κ3) is 8.19. The van der Waals surface area contributed by atoms with Crippen LogP contribution in [0.2, 0.25) is 0 Å². The average Bonchev–Trinajstić information content (AvgIpc) is 1.52. The van der Waals surface area contributed by atoms with E-state index in [1.54, 1.807) is 7.11 Å². The van der Waals surface area contributed by atoms with Crippen molar-refractivity contribution in [2.45, 2.75) is 95.6 Å². The van der Waals surface area contributed by atoms with Crippen LogP contribution in [-0.4, -0.2) is 50.9 Å². The molecule has 5 aliphatic heterocycles. The zero-order valence-corrected chi connectivity index (χ0v) is 60.5. The minimum absolute atomic E-state index is 0.0715. The van der Waals surface area contributed by atoms with E-state index in [1.807, 2.05) is 0 Å². The molecule has 7 nitrogen and oxygen atoms in total. The molecule has 510 valence electrons. The SMILES string of the molecule is COc1ccc2c(c1)B1c3ccccc3-n3c4cc5c(cc4c4cc6c7ccccc7n-2c6c1c43)N(c1ccccc1)c1ccccc1C5(C)C.c1ccc(-c2ccc3c(c2)c2cc4c5cc(N(C6CCCCC6)C6CCCCC6)ccc5n5c4c4c2n3-c2ccccc2B4c2cc3ccccc3cc2-5)cc1. The number of methoxy groups -OCH3 is 1. The highest BCUT2D eigenvalue weighted by atomic mass is 16.5. The monoisotopic (exact) mass is 1370 g/mol. The van der Waals surface area contributed by atoms with Crippen molar-refractivity contribution in [2.75, 3.05) is 16.9 Å². The molecule has 0 atom stereocenters. The van der Waals surface area contributed by atoms with E-state index < -0.39 is 0 Å². The molecule has 2 saturated carbocycles. The summed E-state index contributed by atoms with van der Waals surface area (Å²) in [5.74, 6) is 0.885. The summed E-state index contributed by atoms with van der Waals surface area (Å²) in [6.45, 7) is 4.99. The van der Waals surface area contributed by atoms with Crippen LogP contribution in [0.1, 0.15) is 89.2 Å². The van der Waals surface area contributed by atoms with Crippen molar-refractivity contribution < 1.29 is 4.74 Å². The minimum atomic E-state index is -0.208. The molecule has 14 aromatic carbocycles. The Morgan fingerprint density at radius 2 is 0.841 bits per heavy atom. The Balaban J connectivity index is 0.000000127. The van der Waals surface area contributed by atoms with E-state index in [0.29, 0.717) is 12.1 Å². The number of hydrogen-bond acceptors (Lipinski definition) is 3. The molecular weight excluding hydrogens is 1300 g/mol. The summed E-state index contributed by atoms with van der Waals surface area (Å²) in [7, 11) is 1.77. The van der Waals surface area contributed by atoms with E-state index >= 15 is 0 Å². The van der Waals surface area contributed by atoms with Crippen LogP contribution in [-0.2, 0) is 5.41 Å². The van der Waals surface area contributed by atoms with Gasteiger partial charge in [-0.15, -0.1) is 0 Å². The summed E-state index contributed by atoms with van der Waals surface area (Å²) in [4.78, 5) is 5.41. The second kappa shape index (κ2) is 22.3. The number of anilines is 4. The Labute approximate surface area is 622 Å². The highest BCUT2D eigenvalue weighted by Gasteiger charge is 2.46. The van der Waals surface area contributed by atoms with E-state index in [-0.39, 0.29) is 18.8 Å². The molecule has 0 bridgehead atoms. The van der Waals surface area contributed by atoms with Crippen LogP contribution in [0.5, 0.6) is 5.75 Å². The summed E-state index contributed by atoms with van der Waals surface area (Å²) in [6.07, 6.45) is 13.5. The lowest BCUT2D eigenvalue weighted by molar-refractivity contribution is 0.340. The summed E-state index contributed by atoms with van der Waals surface area (Å²) in [5.41, 5.74) is 34.0. The number of aromatic nitrogens is 4. The maximum absolute atomic E-state index is 5.87. The van der Waals surface area contributed by atoms with Gasteiger partial charge in [0.05, 0.1) is 62.6 Å². The van der Waals surface area contributed by atoms with Crippen molar-refractivity contribution in [1.29, 1.82) is 0 Å². The first kappa shape index (κ1) is 60.3. The average molecular weight is 1380 g/mol. The van der Waals surface area contributed by atoms with Crippen LogP contribution in [0.4, 0.5) is 22.7 Å². The predicted molar refractivity (Wildman–Crippen MR) is 452 cm³/mol. The van der Waals surface area contributed by atoms with Crippen LogP contribution >= 0.6 is 0 Å². The number of rotatable bonds is 6. The standard InChI is InChI=1S/C52H44BN3.C46H32BN3O/c1-4-14-33(15-5-1)36-24-26-46-40(28-36)42-32-43-41-31-39(54(37-18-6-2-7-19-37)38-20-8-3-9-21-38)25-27-47(41)56-49-30-35-17-11-10-16-34(35)29-45(49)53-44-22-12-13-23-48(44)55(46)51(42)50(53)52(43)56;1-46(2)33-16-8-11-19-38(33)48(27-13-5-4-6-14-27)42-25-30-32-24-31-29-15-7-10-18-37(29)49-40-22-21-28(51-3)23-36(40)47-35-17-9-12-20-39(35)50(41(30)26-34(42)46)45(32)43(47)44(31)49/h1,4-5,10-17,22-32,37-38H,2-3,6-9,18-21H2;4-26H,1-3H3. The van der Waals surface area contributed by atoms with Gasteiger partial charge in [-0.2, -0.15) is 0 Å². The second-order valence-corrected chi connectivity index (χ2v) is 32.2. The van der Waals surface area contributed by atoms with Crippen LogP contribution in [0.15, 0.2) is 273 Å². The first-order chi connectivity index (χ1) is 52.8. The summed E-state index contributed by atoms with van der Waals surface area (Å²) < 4.78 is 16.2. The van der Waals surface area contributed by atoms with Gasteiger partial charge in [-0.1, -0.05) is 210 Å². The maximum atomic E-state index is 5.87. The molecule has 0 saturated heterocycles. The first-order valence-corrected chi connectivity index (χ1v) is 39.2. The zero-order valence-electron chi connectivity index (χ0n) is 60.5. The lowest BCUT2D eigenvalue weighted by Gasteiger charge is -2.43. The molecule has 0 spiro atoms. The number of nitrogens with zero attached hydrogens (tertiary/aromatic N) is 6. The second-order valence-electron chi connectivity index (χ2n) is 32.2. The van der Waals surface area contributed by atoms with Gasteiger partial charge < -0.3 is 32.8 Å². The van der Waals surface area contributed by atoms with Gasteiger partial charge >= 0.3 is 0 Å². The molecule has 107 heavy (non-hydrogen) atoms. The van der Waals surface area contributed by atoms with E-state index in [1.165, 1.54) is 263 Å². The van der Waals surface area contributed by atoms with Gasteiger partial charge in [-0.05, 0) is 207 Å². The highest BCUT2D eigenvalue weighted by Crippen LogP contribution is 2.55. The van der Waals surface area contributed by atoms with E-state index in [4.69, 9.17) is 4.74 Å². The highest BCUT2D eigenvalue weighted by molar-refractivity contribution is 7.01. The normalized spacial score (nSPS) is 15.7. The summed E-state index contributed by atoms with van der Waals surface area (Å²) >= 11 is 0. The van der Waals surface area contributed by atoms with Gasteiger partial charge in [0.1, 0.15) is 5.75 Å². The fourth-order valence-electron chi connectivity index (χ4n) is 22.0. The van der Waals surface area contributed by atoms with E-state index in [0.717, 1.165) is 5.75 Å². The van der Waals surface area contributed by atoms with Crippen molar-refractivity contribution in [3.05, 3.63) is 284 Å². The molecule has 0 N–H and O–H groups in total. The Hall–Kier alpha value is -11.9. The van der Waals surface area contributed by atoms with Crippen LogP contribution in [0.3, 0.4) is 0 Å². The molecule has 0 radical (unpaired) electrons. The van der Waals surface area contributed by atoms with Gasteiger partial charge in [0, 0.05) is 94.7 Å². The van der Waals surface area contributed by atoms with Crippen LogP contribution in [0, 0.1) is 0 Å². The number of ether oxygens (including phenoxy) is 1. The molecule has 9 heteroatoms. The number of fused-ring (bicyclic) bond motifs is 27. The van der Waals surface area contributed by atoms with Crippen molar-refractivity contribution in [1.82, 2.24) is 18.3 Å². The molecule has 0 amide bonds. The van der Waals surface area contributed by atoms with Gasteiger partial charge in [0.25, 0.3) is 13.4 Å². The fraction of sp³-hybridized carbons (Fsp3) is 0.163. The smallest absolute Gasteiger partial charge is 0.252 e. The Morgan fingerprint density at radius 1 is 0.336 bits per heavy atom. The third-order valence-electron chi connectivity index (χ3n) is 26.5. The van der Waals surface area contributed by atoms with E-state index in [9.17, 15) is 0 Å². The molecule has 18 aromatic rings. The molecule has 2 fully saturated rings. The molecule has 4 aromatic heterocycles. The Kier molecular flexibility index (Phi) is 12.6. The quantitative estimate of drug-likeness (QED) is 0.156. The van der Waals surface area contributed by atoms with Gasteiger partial charge in [0.15, 0.2) is 0 Å². The zero-order chi connectivity index (χ0) is 70.2. The molecule has 9 heterocycles. The van der Waals surface area contributed by atoms with Gasteiger partial charge in [-0.25, -0.2) is 0 Å². The summed E-state index contributed by atoms with van der Waals surface area (Å²) in [5, 5.41) is 13.3. The largest absolute Gasteiger partial charge is 0.497 e. The van der Waals surface area contributed by atoms with Crippen molar-refractivity contribution in [2.24, 2.45) is 0 Å². The summed E-state index contributed by atoms with van der Waals surface area (Å²) in [6, 6.07) is 105. The van der Waals surface area contributed by atoms with Crippen molar-refractivity contribution >= 4 is 167 Å². The maximum Gasteiger partial charge on any atom is 0.252 e. The fourth-order valence-corrected chi connectivity index (χ4v) is 22.0. The lowest BCUT2D eigenvalue weighted by Crippen LogP contribution is -2.59. The first-order valence-electron chi connectivity index (χ1n) is 39.2. The van der Waals surface area contributed by atoms with Gasteiger partial charge in [-0.3, -0.25) is 0 Å². The predicted octanol–water partition coefficient (Wildman–Crippen LogP) is 20.5.